The zero-order chi connectivity index (χ0) is 15.8. The lowest BCUT2D eigenvalue weighted by Gasteiger charge is -2.28. The average Bonchev–Trinajstić information content (AvgIpc) is 3.04. The van der Waals surface area contributed by atoms with Crippen LogP contribution in [0.15, 0.2) is 28.7 Å². The first-order valence-corrected chi connectivity index (χ1v) is 8.89. The number of nitrogens with one attached hydrogen (secondary N) is 1. The minimum Gasteiger partial charge on any atom is -0.492 e. The molecule has 0 saturated carbocycles. The van der Waals surface area contributed by atoms with Gasteiger partial charge in [-0.05, 0) is 53.9 Å². The van der Waals surface area contributed by atoms with Crippen LogP contribution >= 0.6 is 28.3 Å². The molecule has 2 rings (SSSR count). The maximum Gasteiger partial charge on any atom is 0.222 e. The van der Waals surface area contributed by atoms with Crippen LogP contribution in [0.1, 0.15) is 32.6 Å². The van der Waals surface area contributed by atoms with Crippen molar-refractivity contribution in [1.82, 2.24) is 10.2 Å². The molecule has 1 fully saturated rings. The van der Waals surface area contributed by atoms with Crippen LogP contribution < -0.4 is 10.1 Å². The Morgan fingerprint density at radius 2 is 2.22 bits per heavy atom. The second-order valence-electron chi connectivity index (χ2n) is 5.62. The molecule has 0 bridgehead atoms. The van der Waals surface area contributed by atoms with Crippen molar-refractivity contribution >= 4 is 34.2 Å². The van der Waals surface area contributed by atoms with Gasteiger partial charge >= 0.3 is 0 Å². The van der Waals surface area contributed by atoms with E-state index in [0.29, 0.717) is 19.1 Å². The van der Waals surface area contributed by atoms with Crippen LogP contribution in [0.2, 0.25) is 0 Å². The molecule has 1 N–H and O–H groups in total. The van der Waals surface area contributed by atoms with Crippen LogP contribution in [0.25, 0.3) is 0 Å². The van der Waals surface area contributed by atoms with Gasteiger partial charge in [0.1, 0.15) is 5.75 Å². The smallest absolute Gasteiger partial charge is 0.222 e. The SMILES string of the molecule is CCCN(C(=O)CCCOc1ccccc1Br)C1CCNC1.Cl. The van der Waals surface area contributed by atoms with Crippen molar-refractivity contribution in [3.05, 3.63) is 28.7 Å². The summed E-state index contributed by atoms with van der Waals surface area (Å²) in [5.74, 6) is 1.09. The van der Waals surface area contributed by atoms with Gasteiger partial charge in [0.15, 0.2) is 0 Å². The molecule has 1 heterocycles. The molecule has 1 aliphatic heterocycles. The minimum absolute atomic E-state index is 0. The van der Waals surface area contributed by atoms with Gasteiger partial charge in [-0.2, -0.15) is 0 Å². The van der Waals surface area contributed by atoms with Crippen molar-refractivity contribution in [2.24, 2.45) is 0 Å². The molecule has 4 nitrogen and oxygen atoms in total. The highest BCUT2D eigenvalue weighted by molar-refractivity contribution is 9.10. The number of carbonyl (C=O) groups excluding carboxylic acids is 1. The van der Waals surface area contributed by atoms with E-state index in [0.717, 1.165) is 49.1 Å². The van der Waals surface area contributed by atoms with Crippen molar-refractivity contribution in [2.45, 2.75) is 38.6 Å². The van der Waals surface area contributed by atoms with Gasteiger partial charge in [-0.25, -0.2) is 0 Å². The van der Waals surface area contributed by atoms with Crippen LogP contribution in [-0.4, -0.2) is 43.1 Å². The number of para-hydroxylation sites is 1. The van der Waals surface area contributed by atoms with Gasteiger partial charge in [0.2, 0.25) is 5.91 Å². The van der Waals surface area contributed by atoms with Gasteiger partial charge in [0, 0.05) is 25.6 Å². The number of nitrogens with zero attached hydrogens (tertiary/aromatic N) is 1. The van der Waals surface area contributed by atoms with E-state index in [2.05, 4.69) is 33.1 Å². The zero-order valence-corrected chi connectivity index (χ0v) is 16.0. The van der Waals surface area contributed by atoms with Gasteiger partial charge in [0.05, 0.1) is 11.1 Å². The predicted octanol–water partition coefficient (Wildman–Crippen LogP) is 3.63. The summed E-state index contributed by atoms with van der Waals surface area (Å²) in [6.07, 6.45) is 3.39. The maximum absolute atomic E-state index is 12.4. The summed E-state index contributed by atoms with van der Waals surface area (Å²) in [4.78, 5) is 14.5. The van der Waals surface area contributed by atoms with Crippen molar-refractivity contribution in [1.29, 1.82) is 0 Å². The first-order valence-electron chi connectivity index (χ1n) is 8.10. The Bertz CT molecular complexity index is 481. The Labute approximate surface area is 153 Å². The number of hydrogen-bond donors (Lipinski definition) is 1. The first-order chi connectivity index (χ1) is 10.7. The number of halogens is 2. The minimum atomic E-state index is 0. The van der Waals surface area contributed by atoms with E-state index in [4.69, 9.17) is 4.74 Å². The van der Waals surface area contributed by atoms with Gasteiger partial charge in [-0.15, -0.1) is 12.4 Å². The third kappa shape index (κ3) is 6.32. The molecule has 0 radical (unpaired) electrons. The molecule has 1 aliphatic rings. The summed E-state index contributed by atoms with van der Waals surface area (Å²) in [7, 11) is 0. The van der Waals surface area contributed by atoms with Crippen LogP contribution in [-0.2, 0) is 4.79 Å². The number of hydrogen-bond acceptors (Lipinski definition) is 3. The van der Waals surface area contributed by atoms with Gasteiger partial charge in [0.25, 0.3) is 0 Å². The Morgan fingerprint density at radius 1 is 1.43 bits per heavy atom. The number of amides is 1. The molecule has 1 amide bonds. The van der Waals surface area contributed by atoms with E-state index in [9.17, 15) is 4.79 Å². The first kappa shape index (κ1) is 20.3. The molecule has 1 aromatic rings. The van der Waals surface area contributed by atoms with Crippen molar-refractivity contribution < 1.29 is 9.53 Å². The van der Waals surface area contributed by atoms with Crippen LogP contribution in [0.5, 0.6) is 5.75 Å². The Morgan fingerprint density at radius 3 is 2.87 bits per heavy atom. The molecule has 1 saturated heterocycles. The van der Waals surface area contributed by atoms with Crippen LogP contribution in [0, 0.1) is 0 Å². The van der Waals surface area contributed by atoms with Crippen molar-refractivity contribution in [2.75, 3.05) is 26.2 Å². The number of carbonyl (C=O) groups is 1. The number of ether oxygens (including phenoxy) is 1. The molecule has 23 heavy (non-hydrogen) atoms. The summed E-state index contributed by atoms with van der Waals surface area (Å²) >= 11 is 3.46. The van der Waals surface area contributed by atoms with Crippen molar-refractivity contribution in [3.63, 3.8) is 0 Å². The Hall–Kier alpha value is -0.780. The Kier molecular flexibility index (Phi) is 9.60. The quantitative estimate of drug-likeness (QED) is 0.672. The number of rotatable bonds is 8. The largest absolute Gasteiger partial charge is 0.492 e. The molecule has 130 valence electrons. The second kappa shape index (κ2) is 10.9. The van der Waals surface area contributed by atoms with Gasteiger partial charge in [-0.3, -0.25) is 4.79 Å². The molecule has 1 atom stereocenters. The molecule has 6 heteroatoms. The molecule has 0 aliphatic carbocycles. The normalized spacial score (nSPS) is 16.7. The molecular formula is C17H26BrClN2O2. The molecule has 0 aromatic heterocycles. The van der Waals surface area contributed by atoms with E-state index in [-0.39, 0.29) is 18.3 Å². The highest BCUT2D eigenvalue weighted by Gasteiger charge is 2.25. The summed E-state index contributed by atoms with van der Waals surface area (Å²) in [5, 5.41) is 3.34. The predicted molar refractivity (Wildman–Crippen MR) is 99.4 cm³/mol. The number of benzene rings is 1. The van der Waals surface area contributed by atoms with Gasteiger partial charge < -0.3 is 15.0 Å². The summed E-state index contributed by atoms with van der Waals surface area (Å²) in [6, 6.07) is 8.16. The summed E-state index contributed by atoms with van der Waals surface area (Å²) < 4.78 is 6.67. The topological polar surface area (TPSA) is 41.6 Å². The van der Waals surface area contributed by atoms with E-state index in [1.807, 2.05) is 24.3 Å². The van der Waals surface area contributed by atoms with Crippen LogP contribution in [0.4, 0.5) is 0 Å². The molecule has 0 spiro atoms. The fourth-order valence-electron chi connectivity index (χ4n) is 2.77. The van der Waals surface area contributed by atoms with E-state index >= 15 is 0 Å². The maximum atomic E-state index is 12.4. The molecular weight excluding hydrogens is 380 g/mol. The van der Waals surface area contributed by atoms with Crippen molar-refractivity contribution in [3.8, 4) is 5.75 Å². The standard InChI is InChI=1S/C17H25BrN2O2.ClH/c1-2-11-20(14-9-10-19-13-14)17(21)8-5-12-22-16-7-4-3-6-15(16)18;/h3-4,6-7,14,19H,2,5,8-13H2,1H3;1H. The van der Waals surface area contributed by atoms with E-state index in [1.165, 1.54) is 0 Å². The highest BCUT2D eigenvalue weighted by Crippen LogP contribution is 2.24. The summed E-state index contributed by atoms with van der Waals surface area (Å²) in [6.45, 7) is 5.49. The fourth-order valence-corrected chi connectivity index (χ4v) is 3.17. The third-order valence-corrected chi connectivity index (χ3v) is 4.54. The second-order valence-corrected chi connectivity index (χ2v) is 6.47. The van der Waals surface area contributed by atoms with E-state index in [1.54, 1.807) is 0 Å². The fraction of sp³-hybridized carbons (Fsp3) is 0.588. The Balaban J connectivity index is 0.00000264. The lowest BCUT2D eigenvalue weighted by Crippen LogP contribution is -2.42. The average molecular weight is 406 g/mol. The van der Waals surface area contributed by atoms with Gasteiger partial charge in [-0.1, -0.05) is 19.1 Å². The highest BCUT2D eigenvalue weighted by atomic mass is 79.9. The zero-order valence-electron chi connectivity index (χ0n) is 13.6. The van der Waals surface area contributed by atoms with Crippen LogP contribution in [0.3, 0.4) is 0 Å². The lowest BCUT2D eigenvalue weighted by molar-refractivity contribution is -0.133. The lowest BCUT2D eigenvalue weighted by atomic mass is 10.1. The monoisotopic (exact) mass is 404 g/mol. The molecule has 1 unspecified atom stereocenters. The summed E-state index contributed by atoms with van der Waals surface area (Å²) in [5.41, 5.74) is 0. The third-order valence-electron chi connectivity index (χ3n) is 3.89. The van der Waals surface area contributed by atoms with E-state index < -0.39 is 0 Å². The molecule has 1 aromatic carbocycles.